The third kappa shape index (κ3) is 2.72. The van der Waals surface area contributed by atoms with Gasteiger partial charge in [0.25, 0.3) is 0 Å². The smallest absolute Gasteiger partial charge is 0.0949 e. The fraction of sp³-hybridized carbons (Fsp3) is 0.0476. The molecule has 4 aromatic rings. The molecule has 116 valence electrons. The Morgan fingerprint density at radius 1 is 0.792 bits per heavy atom. The van der Waals surface area contributed by atoms with Crippen LogP contribution in [0.25, 0.3) is 28.2 Å². The largest absolute Gasteiger partial charge is 0.264 e. The molecule has 2 heterocycles. The van der Waals surface area contributed by atoms with Gasteiger partial charge in [0.2, 0.25) is 0 Å². The highest BCUT2D eigenvalue weighted by atomic mass is 15.3. The van der Waals surface area contributed by atoms with E-state index in [-0.39, 0.29) is 0 Å². The van der Waals surface area contributed by atoms with Gasteiger partial charge in [-0.25, -0.2) is 4.68 Å². The maximum absolute atomic E-state index is 4.83. The summed E-state index contributed by atoms with van der Waals surface area (Å²) < 4.78 is 1.99. The first-order valence-electron chi connectivity index (χ1n) is 7.94. The molecule has 3 nitrogen and oxygen atoms in total. The lowest BCUT2D eigenvalue weighted by molar-refractivity contribution is 0.891. The fourth-order valence-corrected chi connectivity index (χ4v) is 2.73. The maximum Gasteiger partial charge on any atom is 0.0949 e. The summed E-state index contributed by atoms with van der Waals surface area (Å²) in [6.45, 7) is 2.10. The number of hydrogen-bond donors (Lipinski definition) is 0. The predicted molar refractivity (Wildman–Crippen MR) is 97.0 cm³/mol. The topological polar surface area (TPSA) is 30.7 Å². The number of nitrogens with zero attached hydrogens (tertiary/aromatic N) is 3. The molecule has 0 spiro atoms. The summed E-state index contributed by atoms with van der Waals surface area (Å²) in [5, 5.41) is 4.83. The van der Waals surface area contributed by atoms with Crippen molar-refractivity contribution in [3.05, 3.63) is 90.8 Å². The second-order valence-electron chi connectivity index (χ2n) is 5.77. The van der Waals surface area contributed by atoms with E-state index in [1.54, 1.807) is 6.20 Å². The molecule has 2 aromatic carbocycles. The van der Waals surface area contributed by atoms with Gasteiger partial charge >= 0.3 is 0 Å². The Hall–Kier alpha value is -3.20. The van der Waals surface area contributed by atoms with Gasteiger partial charge in [-0.1, -0.05) is 48.0 Å². The van der Waals surface area contributed by atoms with Crippen LogP contribution in [0.3, 0.4) is 0 Å². The highest BCUT2D eigenvalue weighted by molar-refractivity contribution is 5.70. The highest BCUT2D eigenvalue weighted by Crippen LogP contribution is 2.28. The fourth-order valence-electron chi connectivity index (χ4n) is 2.73. The average Bonchev–Trinajstić information content (AvgIpc) is 3.09. The summed E-state index contributed by atoms with van der Waals surface area (Å²) in [7, 11) is 0. The zero-order valence-corrected chi connectivity index (χ0v) is 13.4. The van der Waals surface area contributed by atoms with Crippen molar-refractivity contribution in [2.45, 2.75) is 6.92 Å². The van der Waals surface area contributed by atoms with Gasteiger partial charge < -0.3 is 0 Å². The minimum atomic E-state index is 0.919. The Morgan fingerprint density at radius 3 is 2.29 bits per heavy atom. The molecule has 24 heavy (non-hydrogen) atoms. The lowest BCUT2D eigenvalue weighted by Gasteiger charge is -2.07. The van der Waals surface area contributed by atoms with Gasteiger partial charge in [-0.3, -0.25) is 4.98 Å². The Bertz CT molecular complexity index is 940. The first kappa shape index (κ1) is 14.4. The molecule has 0 saturated heterocycles. The lowest BCUT2D eigenvalue weighted by atomic mass is 10.1. The zero-order valence-electron chi connectivity index (χ0n) is 13.4. The predicted octanol–water partition coefficient (Wildman–Crippen LogP) is 4.91. The molecule has 0 unspecified atom stereocenters. The van der Waals surface area contributed by atoms with Crippen molar-refractivity contribution in [1.82, 2.24) is 14.8 Å². The number of rotatable bonds is 3. The standard InChI is InChI=1S/C21H17N3/c1-16-9-11-17(12-10-16)21-14-20(18-6-5-13-22-15-18)23-24(21)19-7-3-2-4-8-19/h2-15H,1H3. The number of para-hydroxylation sites is 1. The summed E-state index contributed by atoms with van der Waals surface area (Å²) in [5.41, 5.74) is 6.44. The lowest BCUT2D eigenvalue weighted by Crippen LogP contribution is -1.98. The van der Waals surface area contributed by atoms with E-state index in [0.717, 1.165) is 28.2 Å². The van der Waals surface area contributed by atoms with E-state index in [0.29, 0.717) is 0 Å². The van der Waals surface area contributed by atoms with Crippen LogP contribution >= 0.6 is 0 Å². The number of benzene rings is 2. The molecule has 0 amide bonds. The quantitative estimate of drug-likeness (QED) is 0.538. The van der Waals surface area contributed by atoms with E-state index >= 15 is 0 Å². The monoisotopic (exact) mass is 311 g/mol. The molecule has 0 fully saturated rings. The van der Waals surface area contributed by atoms with Crippen molar-refractivity contribution < 1.29 is 0 Å². The van der Waals surface area contributed by atoms with E-state index in [1.807, 2.05) is 41.2 Å². The van der Waals surface area contributed by atoms with Crippen molar-refractivity contribution in [2.75, 3.05) is 0 Å². The third-order valence-electron chi connectivity index (χ3n) is 4.01. The number of aryl methyl sites for hydroxylation is 1. The van der Waals surface area contributed by atoms with Crippen LogP contribution in [0.2, 0.25) is 0 Å². The van der Waals surface area contributed by atoms with Gasteiger partial charge in [0.15, 0.2) is 0 Å². The van der Waals surface area contributed by atoms with Crippen LogP contribution in [0.4, 0.5) is 0 Å². The first-order chi connectivity index (χ1) is 11.8. The van der Waals surface area contributed by atoms with Crippen LogP contribution in [0.15, 0.2) is 85.2 Å². The van der Waals surface area contributed by atoms with Crippen molar-refractivity contribution in [3.8, 4) is 28.2 Å². The Balaban J connectivity index is 1.90. The second-order valence-corrected chi connectivity index (χ2v) is 5.77. The molecular formula is C21H17N3. The van der Waals surface area contributed by atoms with E-state index < -0.39 is 0 Å². The molecule has 0 radical (unpaired) electrons. The van der Waals surface area contributed by atoms with E-state index in [4.69, 9.17) is 5.10 Å². The van der Waals surface area contributed by atoms with Crippen LogP contribution in [0, 0.1) is 6.92 Å². The van der Waals surface area contributed by atoms with Crippen LogP contribution in [-0.4, -0.2) is 14.8 Å². The van der Waals surface area contributed by atoms with Crippen LogP contribution in [0.5, 0.6) is 0 Å². The van der Waals surface area contributed by atoms with Gasteiger partial charge in [-0.15, -0.1) is 0 Å². The van der Waals surface area contributed by atoms with Gasteiger partial charge in [0, 0.05) is 23.5 Å². The zero-order chi connectivity index (χ0) is 16.4. The molecule has 0 N–H and O–H groups in total. The summed E-state index contributed by atoms with van der Waals surface area (Å²) in [6, 6.07) is 24.8. The molecule has 0 bridgehead atoms. The Labute approximate surface area is 141 Å². The van der Waals surface area contributed by atoms with Crippen LogP contribution in [0.1, 0.15) is 5.56 Å². The van der Waals surface area contributed by atoms with Gasteiger partial charge in [0.05, 0.1) is 17.1 Å². The molecule has 2 aromatic heterocycles. The van der Waals surface area contributed by atoms with Crippen LogP contribution in [-0.2, 0) is 0 Å². The van der Waals surface area contributed by atoms with Crippen LogP contribution < -0.4 is 0 Å². The van der Waals surface area contributed by atoms with Crippen molar-refractivity contribution in [2.24, 2.45) is 0 Å². The SMILES string of the molecule is Cc1ccc(-c2cc(-c3cccnc3)nn2-c2ccccc2)cc1. The van der Waals surface area contributed by atoms with Gasteiger partial charge in [-0.05, 0) is 37.3 Å². The Kier molecular flexibility index (Phi) is 3.67. The average molecular weight is 311 g/mol. The van der Waals surface area contributed by atoms with Gasteiger partial charge in [0.1, 0.15) is 0 Å². The second kappa shape index (κ2) is 6.13. The number of pyridine rings is 1. The molecule has 0 aliphatic heterocycles. The number of hydrogen-bond acceptors (Lipinski definition) is 2. The van der Waals surface area contributed by atoms with Crippen molar-refractivity contribution >= 4 is 0 Å². The molecular weight excluding hydrogens is 294 g/mol. The normalized spacial score (nSPS) is 10.7. The third-order valence-corrected chi connectivity index (χ3v) is 4.01. The summed E-state index contributed by atoms with van der Waals surface area (Å²) in [5.74, 6) is 0. The molecule has 3 heteroatoms. The van der Waals surface area contributed by atoms with E-state index in [2.05, 4.69) is 54.4 Å². The minimum Gasteiger partial charge on any atom is -0.264 e. The molecule has 0 aliphatic rings. The Morgan fingerprint density at radius 2 is 1.58 bits per heavy atom. The molecule has 0 aliphatic carbocycles. The number of aromatic nitrogens is 3. The van der Waals surface area contributed by atoms with Crippen molar-refractivity contribution in [1.29, 1.82) is 0 Å². The van der Waals surface area contributed by atoms with Crippen molar-refractivity contribution in [3.63, 3.8) is 0 Å². The summed E-state index contributed by atoms with van der Waals surface area (Å²) in [6.07, 6.45) is 3.62. The van der Waals surface area contributed by atoms with E-state index in [1.165, 1.54) is 5.56 Å². The molecule has 4 rings (SSSR count). The first-order valence-corrected chi connectivity index (χ1v) is 7.94. The van der Waals surface area contributed by atoms with E-state index in [9.17, 15) is 0 Å². The van der Waals surface area contributed by atoms with Gasteiger partial charge in [-0.2, -0.15) is 5.10 Å². The maximum atomic E-state index is 4.83. The molecule has 0 saturated carbocycles. The molecule has 0 atom stereocenters. The summed E-state index contributed by atoms with van der Waals surface area (Å²) in [4.78, 5) is 4.21. The summed E-state index contributed by atoms with van der Waals surface area (Å²) >= 11 is 0. The minimum absolute atomic E-state index is 0.919. The highest BCUT2D eigenvalue weighted by Gasteiger charge is 2.13.